The number of nitrogens with two attached hydrogens (primary N) is 1. The molecule has 4 aromatic heterocycles. The summed E-state index contributed by atoms with van der Waals surface area (Å²) < 4.78 is 8.49. The van der Waals surface area contributed by atoms with E-state index in [0.717, 1.165) is 103 Å². The molecule has 2 aliphatic carbocycles. The van der Waals surface area contributed by atoms with Crippen LogP contribution in [0.15, 0.2) is 10.2 Å². The van der Waals surface area contributed by atoms with Crippen molar-refractivity contribution in [1.29, 1.82) is 5.26 Å². The van der Waals surface area contributed by atoms with Crippen LogP contribution in [0.25, 0.3) is 28.1 Å². The van der Waals surface area contributed by atoms with Gasteiger partial charge in [-0.15, -0.1) is 11.3 Å². The smallest absolute Gasteiger partial charge is 0.186 e. The van der Waals surface area contributed by atoms with Crippen molar-refractivity contribution in [1.82, 2.24) is 29.8 Å². The highest BCUT2D eigenvalue weighted by Crippen LogP contribution is 2.55. The second kappa shape index (κ2) is 10.1. The number of thiophene rings is 1. The molecule has 12 heteroatoms. The number of hydrogen-bond donors (Lipinski definition) is 2. The Bertz CT molecular complexity index is 2040. The summed E-state index contributed by atoms with van der Waals surface area (Å²) in [4.78, 5) is 16.4. The Labute approximate surface area is 278 Å². The fraction of sp³-hybridized carbons (Fsp3) is 0.571. The summed E-state index contributed by atoms with van der Waals surface area (Å²) in [5.74, 6) is 2.16. The van der Waals surface area contributed by atoms with Crippen LogP contribution in [-0.2, 0) is 18.3 Å². The van der Waals surface area contributed by atoms with E-state index >= 15 is 0 Å². The minimum absolute atomic E-state index is 0.106. The van der Waals surface area contributed by atoms with Gasteiger partial charge in [-0.2, -0.15) is 10.4 Å². The number of hydrogen-bond acceptors (Lipinski definition) is 11. The lowest BCUT2D eigenvalue weighted by Gasteiger charge is -2.42. The Morgan fingerprint density at radius 3 is 2.70 bits per heavy atom. The number of likely N-dealkylation sites (N-methyl/N-ethyl adjacent to an activating group) is 1. The first-order valence-electron chi connectivity index (χ1n) is 17.1. The Morgan fingerprint density at radius 1 is 1.13 bits per heavy atom. The van der Waals surface area contributed by atoms with E-state index in [1.54, 1.807) is 11.3 Å². The van der Waals surface area contributed by atoms with Gasteiger partial charge in [-0.3, -0.25) is 0 Å². The van der Waals surface area contributed by atoms with Crippen LogP contribution < -0.4 is 10.6 Å². The summed E-state index contributed by atoms with van der Waals surface area (Å²) >= 11 is 1.55. The Morgan fingerprint density at radius 2 is 1.94 bits per heavy atom. The maximum absolute atomic E-state index is 11.3. The third kappa shape index (κ3) is 4.03. The number of rotatable bonds is 3. The second-order valence-electron chi connectivity index (χ2n) is 14.8. The second-order valence-corrected chi connectivity index (χ2v) is 16.0. The van der Waals surface area contributed by atoms with Crippen LogP contribution >= 0.6 is 11.3 Å². The van der Waals surface area contributed by atoms with Crippen molar-refractivity contribution in [3.63, 3.8) is 0 Å². The minimum Gasteiger partial charge on any atom is -0.389 e. The predicted octanol–water partition coefficient (Wildman–Crippen LogP) is 5.71. The molecular weight excluding hydrogens is 611 g/mol. The molecule has 3 aliphatic heterocycles. The number of nitrogen functional groups attached to an aromatic ring is 1. The maximum atomic E-state index is 11.3. The van der Waals surface area contributed by atoms with E-state index < -0.39 is 11.0 Å². The predicted molar refractivity (Wildman–Crippen MR) is 181 cm³/mol. The summed E-state index contributed by atoms with van der Waals surface area (Å²) in [7, 11) is 2.20. The molecule has 47 heavy (non-hydrogen) atoms. The zero-order chi connectivity index (χ0) is 32.4. The van der Waals surface area contributed by atoms with Gasteiger partial charge in [0.1, 0.15) is 22.6 Å². The third-order valence-electron chi connectivity index (χ3n) is 11.9. The molecule has 7 heterocycles. The summed E-state index contributed by atoms with van der Waals surface area (Å²) in [6.45, 7) is 7.85. The van der Waals surface area contributed by atoms with Gasteiger partial charge in [-0.05, 0) is 110 Å². The molecule has 0 unspecified atom stereocenters. The van der Waals surface area contributed by atoms with Crippen molar-refractivity contribution >= 4 is 38.8 Å². The molecule has 0 bridgehead atoms. The molecule has 3 N–H and O–H groups in total. The summed E-state index contributed by atoms with van der Waals surface area (Å²) in [6, 6.07) is 2.89. The summed E-state index contributed by atoms with van der Waals surface area (Å²) in [5, 5.41) is 33.0. The van der Waals surface area contributed by atoms with Crippen molar-refractivity contribution in [2.24, 2.45) is 0 Å². The van der Waals surface area contributed by atoms with Crippen molar-refractivity contribution in [3.05, 3.63) is 38.7 Å². The van der Waals surface area contributed by atoms with Gasteiger partial charge in [0.15, 0.2) is 22.9 Å². The number of piperidine rings is 1. The molecule has 5 aliphatic rings. The summed E-state index contributed by atoms with van der Waals surface area (Å²) in [6.07, 6.45) is 9.23. The lowest BCUT2D eigenvalue weighted by molar-refractivity contribution is 0.0506. The van der Waals surface area contributed by atoms with Crippen molar-refractivity contribution in [3.8, 4) is 17.6 Å². The molecule has 2 fully saturated rings. The number of anilines is 2. The molecule has 2 saturated heterocycles. The normalized spacial score (nSPS) is 27.7. The maximum Gasteiger partial charge on any atom is 0.186 e. The summed E-state index contributed by atoms with van der Waals surface area (Å²) in [5.41, 5.74) is 12.6. The van der Waals surface area contributed by atoms with Crippen LogP contribution in [-0.4, -0.2) is 66.7 Å². The van der Waals surface area contributed by atoms with E-state index in [1.807, 2.05) is 6.92 Å². The van der Waals surface area contributed by atoms with Gasteiger partial charge < -0.3 is 25.2 Å². The van der Waals surface area contributed by atoms with Gasteiger partial charge in [-0.25, -0.2) is 14.6 Å². The average molecular weight is 652 g/mol. The monoisotopic (exact) mass is 651 g/mol. The number of likely N-dealkylation sites (tertiary alicyclic amines) is 1. The Balaban J connectivity index is 1.25. The lowest BCUT2D eigenvalue weighted by atomic mass is 9.63. The molecule has 4 aromatic rings. The quantitative estimate of drug-likeness (QED) is 0.283. The van der Waals surface area contributed by atoms with E-state index in [9.17, 15) is 10.4 Å². The van der Waals surface area contributed by atoms with Gasteiger partial charge in [0.05, 0.1) is 34.6 Å². The van der Waals surface area contributed by atoms with Crippen molar-refractivity contribution < 1.29 is 9.63 Å². The number of nitriles is 1. The average Bonchev–Trinajstić information content (AvgIpc) is 3.83. The van der Waals surface area contributed by atoms with E-state index in [-0.39, 0.29) is 6.04 Å². The van der Waals surface area contributed by atoms with Gasteiger partial charge >= 0.3 is 0 Å². The molecule has 9 rings (SSSR count). The molecule has 4 atom stereocenters. The molecule has 0 aromatic carbocycles. The zero-order valence-corrected chi connectivity index (χ0v) is 28.4. The van der Waals surface area contributed by atoms with E-state index in [2.05, 4.69) is 41.4 Å². The van der Waals surface area contributed by atoms with Crippen LogP contribution in [0.3, 0.4) is 0 Å². The topological polar surface area (TPSA) is 146 Å². The molecule has 0 amide bonds. The van der Waals surface area contributed by atoms with Crippen LogP contribution in [0.5, 0.6) is 0 Å². The van der Waals surface area contributed by atoms with Crippen molar-refractivity contribution in [2.75, 3.05) is 30.8 Å². The molecule has 0 saturated carbocycles. The lowest BCUT2D eigenvalue weighted by Crippen LogP contribution is -2.46. The third-order valence-corrected chi connectivity index (χ3v) is 13.0. The number of nitrogens with zero attached hydrogens (tertiary/aromatic N) is 8. The van der Waals surface area contributed by atoms with Crippen LogP contribution in [0, 0.1) is 11.3 Å². The van der Waals surface area contributed by atoms with E-state index in [1.165, 1.54) is 17.0 Å². The highest BCUT2D eigenvalue weighted by atomic mass is 32.1. The van der Waals surface area contributed by atoms with Crippen molar-refractivity contribution in [2.45, 2.75) is 108 Å². The highest BCUT2D eigenvalue weighted by Gasteiger charge is 2.49. The number of aliphatic hydroxyl groups is 1. The first kappa shape index (κ1) is 29.4. The van der Waals surface area contributed by atoms with E-state index in [0.29, 0.717) is 41.1 Å². The zero-order valence-electron chi connectivity index (χ0n) is 27.6. The molecule has 244 valence electrons. The number of aromatic nitrogens is 5. The van der Waals surface area contributed by atoms with Gasteiger partial charge in [0, 0.05) is 22.2 Å². The Hall–Kier alpha value is -3.79. The fourth-order valence-electron chi connectivity index (χ4n) is 9.56. The fourth-order valence-corrected chi connectivity index (χ4v) is 10.7. The largest absolute Gasteiger partial charge is 0.389 e. The number of fused-ring (bicyclic) bond motifs is 6. The first-order chi connectivity index (χ1) is 22.6. The van der Waals surface area contributed by atoms with Gasteiger partial charge in [0.2, 0.25) is 0 Å². The Kier molecular flexibility index (Phi) is 6.31. The van der Waals surface area contributed by atoms with Crippen LogP contribution in [0.1, 0.15) is 111 Å². The standard InChI is InChI=1S/C35H41N9O2S/c1-18-22-11-14-34(3,45)17-43(22)32-25-27(18)40-44(19(2)23-9-7-15-42(23)4)33(25)39-31(38-32)28-20-8-5-12-35(29(20)46-41-28)13-6-10-24-26(35)21(16-36)30(37)47-24/h19,23,45H,5-15,17,37H2,1-4H3/t19-,23-,34+,35-/m0/s1. The minimum atomic E-state index is -0.840. The molecular formula is C35H41N9O2S. The highest BCUT2D eigenvalue weighted by molar-refractivity contribution is 7.16. The molecule has 1 spiro atoms. The van der Waals surface area contributed by atoms with E-state index in [4.69, 9.17) is 30.5 Å². The number of allylic oxidation sites excluding steroid dienone is 2. The van der Waals surface area contributed by atoms with Crippen LogP contribution in [0.2, 0.25) is 0 Å². The molecule has 0 radical (unpaired) electrons. The van der Waals surface area contributed by atoms with Crippen LogP contribution in [0.4, 0.5) is 10.8 Å². The number of aryl methyl sites for hydroxylation is 1. The first-order valence-corrected chi connectivity index (χ1v) is 17.9. The SMILES string of the molecule is CC1=C2CC[C@@](C)(O)CN2c2nc(-c3noc4c3CCC[C@@]43CCCc4sc(N)c(C#N)c43)nc3c2c1nn3[C@@H](C)[C@@H]1CCCN1C. The van der Waals surface area contributed by atoms with Gasteiger partial charge in [-0.1, -0.05) is 5.16 Å². The molecule has 11 nitrogen and oxygen atoms in total. The van der Waals surface area contributed by atoms with Gasteiger partial charge in [0.25, 0.3) is 0 Å².